The van der Waals surface area contributed by atoms with E-state index >= 15 is 0 Å². The van der Waals surface area contributed by atoms with Crippen LogP contribution >= 0.6 is 0 Å². The van der Waals surface area contributed by atoms with E-state index in [1.807, 2.05) is 37.3 Å². The summed E-state index contributed by atoms with van der Waals surface area (Å²) in [5.74, 6) is -0.940. The van der Waals surface area contributed by atoms with Crippen LogP contribution in [0.15, 0.2) is 30.3 Å². The molecule has 0 aliphatic rings. The largest absolute Gasteiger partial charge is 0.467 e. The Morgan fingerprint density at radius 1 is 0.897 bits per heavy atom. The lowest BCUT2D eigenvalue weighted by molar-refractivity contribution is -0.145. The first kappa shape index (κ1) is 24.7. The van der Waals surface area contributed by atoms with Gasteiger partial charge >= 0.3 is 5.97 Å². The maximum Gasteiger partial charge on any atom is 0.328 e. The summed E-state index contributed by atoms with van der Waals surface area (Å²) in [6.07, 6.45) is 7.31. The normalized spacial score (nSPS) is 12.7. The molecule has 0 saturated carbocycles. The molecule has 1 rings (SSSR count). The average molecular weight is 405 g/mol. The van der Waals surface area contributed by atoms with Crippen molar-refractivity contribution in [3.8, 4) is 0 Å². The zero-order valence-corrected chi connectivity index (χ0v) is 18.0. The number of amides is 2. The number of methoxy groups -OCH3 is 1. The van der Waals surface area contributed by atoms with E-state index in [0.29, 0.717) is 6.42 Å². The molecular weight excluding hydrogens is 368 g/mol. The summed E-state index contributed by atoms with van der Waals surface area (Å²) in [5, 5.41) is 5.60. The molecule has 0 spiro atoms. The monoisotopic (exact) mass is 404 g/mol. The van der Waals surface area contributed by atoms with E-state index < -0.39 is 12.0 Å². The van der Waals surface area contributed by atoms with Gasteiger partial charge in [0.2, 0.25) is 11.8 Å². The van der Waals surface area contributed by atoms with E-state index in [1.54, 1.807) is 0 Å². The van der Waals surface area contributed by atoms with Crippen LogP contribution in [0.2, 0.25) is 0 Å². The molecule has 1 aromatic rings. The summed E-state index contributed by atoms with van der Waals surface area (Å²) in [7, 11) is 1.32. The van der Waals surface area contributed by atoms with Gasteiger partial charge in [0.15, 0.2) is 0 Å². The van der Waals surface area contributed by atoms with Gasteiger partial charge in [0.25, 0.3) is 0 Å². The van der Waals surface area contributed by atoms with Crippen LogP contribution in [0, 0.1) is 0 Å². The van der Waals surface area contributed by atoms with Gasteiger partial charge in [-0.15, -0.1) is 0 Å². The first-order valence-electron chi connectivity index (χ1n) is 10.7. The van der Waals surface area contributed by atoms with Crippen LogP contribution in [0.25, 0.3) is 0 Å². The summed E-state index contributed by atoms with van der Waals surface area (Å²) in [6.45, 7) is 4.08. The Balaban J connectivity index is 2.35. The van der Waals surface area contributed by atoms with Crippen molar-refractivity contribution in [2.24, 2.45) is 0 Å². The van der Waals surface area contributed by atoms with Crippen molar-refractivity contribution in [1.29, 1.82) is 0 Å². The number of nitrogens with one attached hydrogen (secondary N) is 2. The summed E-state index contributed by atoms with van der Waals surface area (Å²) >= 11 is 0. The maximum absolute atomic E-state index is 12.2. The molecule has 2 atom stereocenters. The van der Waals surface area contributed by atoms with Gasteiger partial charge < -0.3 is 15.4 Å². The highest BCUT2D eigenvalue weighted by Crippen LogP contribution is 2.12. The second-order valence-corrected chi connectivity index (χ2v) is 7.40. The van der Waals surface area contributed by atoms with Crippen molar-refractivity contribution in [2.75, 3.05) is 7.11 Å². The lowest BCUT2D eigenvalue weighted by Gasteiger charge is -2.17. The summed E-state index contributed by atoms with van der Waals surface area (Å²) in [5.41, 5.74) is 1.01. The van der Waals surface area contributed by atoms with E-state index in [2.05, 4.69) is 17.6 Å². The molecule has 0 unspecified atom stereocenters. The number of rotatable bonds is 14. The number of carbonyl (C=O) groups excluding carboxylic acids is 3. The Morgan fingerprint density at radius 3 is 2.10 bits per heavy atom. The quantitative estimate of drug-likeness (QED) is 0.362. The number of esters is 1. The Bertz CT molecular complexity index is 619. The minimum atomic E-state index is -0.648. The van der Waals surface area contributed by atoms with Crippen molar-refractivity contribution in [2.45, 2.75) is 83.7 Å². The Hall–Kier alpha value is -2.37. The van der Waals surface area contributed by atoms with Gasteiger partial charge in [-0.05, 0) is 18.9 Å². The van der Waals surface area contributed by atoms with Gasteiger partial charge in [0.1, 0.15) is 6.04 Å². The summed E-state index contributed by atoms with van der Waals surface area (Å²) in [4.78, 5) is 36.3. The van der Waals surface area contributed by atoms with E-state index in [1.165, 1.54) is 26.4 Å². The average Bonchev–Trinajstić information content (AvgIpc) is 2.73. The molecular formula is C23H36N2O4. The number of hydrogen-bond acceptors (Lipinski definition) is 4. The molecule has 2 N–H and O–H groups in total. The van der Waals surface area contributed by atoms with Crippen molar-refractivity contribution in [3.05, 3.63) is 35.9 Å². The smallest absolute Gasteiger partial charge is 0.328 e. The molecule has 29 heavy (non-hydrogen) atoms. The Morgan fingerprint density at radius 2 is 1.48 bits per heavy atom. The number of benzene rings is 1. The van der Waals surface area contributed by atoms with Crippen LogP contribution in [0.4, 0.5) is 0 Å². The minimum Gasteiger partial charge on any atom is -0.467 e. The molecule has 162 valence electrons. The summed E-state index contributed by atoms with van der Waals surface area (Å²) < 4.78 is 4.80. The second kappa shape index (κ2) is 14.6. The predicted molar refractivity (Wildman–Crippen MR) is 114 cm³/mol. The molecule has 0 aromatic heterocycles. The standard InChI is InChI=1S/C23H36N2O4/c1-4-5-6-7-8-12-15-20(23(28)29-3)25-22(27)17-16-21(26)24-18(2)19-13-10-9-11-14-19/h9-11,13-14,18,20H,4-8,12,15-17H2,1-3H3,(H,24,26)(H,25,27)/t18-,20+/m1/s1. The van der Waals surface area contributed by atoms with Crippen molar-refractivity contribution in [1.82, 2.24) is 10.6 Å². The molecule has 0 fully saturated rings. The molecule has 6 heteroatoms. The fourth-order valence-electron chi connectivity index (χ4n) is 3.15. The van der Waals surface area contributed by atoms with E-state index in [9.17, 15) is 14.4 Å². The zero-order chi connectivity index (χ0) is 21.5. The Labute approximate surface area is 174 Å². The third-order valence-electron chi connectivity index (χ3n) is 4.92. The van der Waals surface area contributed by atoms with Crippen LogP contribution < -0.4 is 10.6 Å². The lowest BCUT2D eigenvalue weighted by atomic mass is 10.1. The molecule has 0 aliphatic heterocycles. The summed E-state index contributed by atoms with van der Waals surface area (Å²) in [6, 6.07) is 8.88. The van der Waals surface area contributed by atoms with E-state index in [4.69, 9.17) is 4.74 Å². The van der Waals surface area contributed by atoms with Crippen LogP contribution in [-0.4, -0.2) is 30.9 Å². The second-order valence-electron chi connectivity index (χ2n) is 7.40. The third-order valence-corrected chi connectivity index (χ3v) is 4.92. The molecule has 0 bridgehead atoms. The van der Waals surface area contributed by atoms with Gasteiger partial charge in [-0.1, -0.05) is 75.8 Å². The highest BCUT2D eigenvalue weighted by Gasteiger charge is 2.21. The van der Waals surface area contributed by atoms with Crippen molar-refractivity contribution in [3.63, 3.8) is 0 Å². The lowest BCUT2D eigenvalue weighted by Crippen LogP contribution is -2.41. The van der Waals surface area contributed by atoms with Gasteiger partial charge in [-0.3, -0.25) is 9.59 Å². The highest BCUT2D eigenvalue weighted by atomic mass is 16.5. The Kier molecular flexibility index (Phi) is 12.4. The van der Waals surface area contributed by atoms with E-state index in [-0.39, 0.29) is 30.7 Å². The fraction of sp³-hybridized carbons (Fsp3) is 0.609. The molecule has 6 nitrogen and oxygen atoms in total. The molecule has 2 amide bonds. The van der Waals surface area contributed by atoms with E-state index in [0.717, 1.165) is 24.8 Å². The predicted octanol–water partition coefficient (Wildman–Crippen LogP) is 4.05. The maximum atomic E-state index is 12.2. The first-order chi connectivity index (χ1) is 14.0. The van der Waals surface area contributed by atoms with Crippen LogP contribution in [0.1, 0.15) is 83.2 Å². The number of ether oxygens (including phenoxy) is 1. The highest BCUT2D eigenvalue weighted by molar-refractivity contribution is 5.87. The number of hydrogen-bond donors (Lipinski definition) is 2. The van der Waals surface area contributed by atoms with Gasteiger partial charge in [0.05, 0.1) is 13.2 Å². The fourth-order valence-corrected chi connectivity index (χ4v) is 3.15. The molecule has 0 heterocycles. The number of unbranched alkanes of at least 4 members (excludes halogenated alkanes) is 5. The van der Waals surface area contributed by atoms with Crippen molar-refractivity contribution >= 4 is 17.8 Å². The molecule has 0 aliphatic carbocycles. The van der Waals surface area contributed by atoms with Gasteiger partial charge in [-0.25, -0.2) is 4.79 Å². The third kappa shape index (κ3) is 10.7. The van der Waals surface area contributed by atoms with Crippen molar-refractivity contribution < 1.29 is 19.1 Å². The SMILES string of the molecule is CCCCCCCC[C@H](NC(=O)CCC(=O)N[C@H](C)c1ccccc1)C(=O)OC. The van der Waals surface area contributed by atoms with Gasteiger partial charge in [0, 0.05) is 12.8 Å². The van der Waals surface area contributed by atoms with Crippen LogP contribution in [0.3, 0.4) is 0 Å². The van der Waals surface area contributed by atoms with Crippen LogP contribution in [0.5, 0.6) is 0 Å². The first-order valence-corrected chi connectivity index (χ1v) is 10.7. The van der Waals surface area contributed by atoms with Gasteiger partial charge in [-0.2, -0.15) is 0 Å². The molecule has 0 saturated heterocycles. The van der Waals surface area contributed by atoms with Crippen LogP contribution in [-0.2, 0) is 19.1 Å². The minimum absolute atomic E-state index is 0.0390. The number of carbonyl (C=O) groups is 3. The topological polar surface area (TPSA) is 84.5 Å². The zero-order valence-electron chi connectivity index (χ0n) is 18.0. The molecule has 0 radical (unpaired) electrons. The molecule has 1 aromatic carbocycles.